The second-order valence-corrected chi connectivity index (χ2v) is 5.15. The minimum atomic E-state index is 0.893. The second kappa shape index (κ2) is 6.45. The Balaban J connectivity index is 1.98. The fourth-order valence-corrected chi connectivity index (χ4v) is 2.32. The zero-order valence-corrected chi connectivity index (χ0v) is 10.8. The normalized spacial score (nSPS) is 10.6. The lowest BCUT2D eigenvalue weighted by atomic mass is 10.2. The molecule has 0 aliphatic rings. The van der Waals surface area contributed by atoms with Crippen LogP contribution in [0.15, 0.2) is 30.5 Å². The number of thioether (sulfide) groups is 1. The monoisotopic (exact) mass is 247 g/mol. The summed E-state index contributed by atoms with van der Waals surface area (Å²) in [5, 5.41) is 13.8. The number of hydrogen-bond acceptors (Lipinski definition) is 4. The Bertz CT molecular complexity index is 468. The van der Waals surface area contributed by atoms with Gasteiger partial charge in [0.1, 0.15) is 0 Å². The fourth-order valence-electron chi connectivity index (χ4n) is 1.68. The Labute approximate surface area is 106 Å². The van der Waals surface area contributed by atoms with E-state index in [0.29, 0.717) is 0 Å². The molecule has 0 saturated carbocycles. The number of aromatic nitrogens is 2. The summed E-state index contributed by atoms with van der Waals surface area (Å²) in [4.78, 5) is 0. The fraction of sp³-hybridized carbons (Fsp3) is 0.385. The van der Waals surface area contributed by atoms with Gasteiger partial charge in [-0.05, 0) is 17.9 Å². The van der Waals surface area contributed by atoms with Crippen LogP contribution in [0.5, 0.6) is 0 Å². The zero-order valence-electron chi connectivity index (χ0n) is 10.0. The smallest absolute Gasteiger partial charge is 0.156 e. The van der Waals surface area contributed by atoms with E-state index in [9.17, 15) is 0 Å². The van der Waals surface area contributed by atoms with Crippen molar-refractivity contribution < 1.29 is 0 Å². The standard InChI is InChI=1S/C13H17N3S/c1-2-17-9-5-8-14-13-12-7-4-3-6-11(12)10-15-16-13/h3-4,6-7,10H,2,5,8-9H2,1H3,(H,14,16). The number of fused-ring (bicyclic) bond motifs is 1. The molecule has 1 aromatic heterocycles. The highest BCUT2D eigenvalue weighted by molar-refractivity contribution is 7.99. The predicted octanol–water partition coefficient (Wildman–Crippen LogP) is 3.18. The average Bonchev–Trinajstić information content (AvgIpc) is 2.39. The van der Waals surface area contributed by atoms with Crippen molar-refractivity contribution in [2.75, 3.05) is 23.4 Å². The SMILES string of the molecule is CCSCCCNc1nncc2ccccc12. The molecule has 4 heteroatoms. The summed E-state index contributed by atoms with van der Waals surface area (Å²) in [6.45, 7) is 3.14. The maximum atomic E-state index is 4.16. The minimum absolute atomic E-state index is 0.893. The molecular weight excluding hydrogens is 230 g/mol. The molecule has 2 rings (SSSR count). The first kappa shape index (κ1) is 12.2. The predicted molar refractivity (Wildman–Crippen MR) is 75.6 cm³/mol. The van der Waals surface area contributed by atoms with Crippen LogP contribution in [0.4, 0.5) is 5.82 Å². The number of anilines is 1. The van der Waals surface area contributed by atoms with Gasteiger partial charge in [0, 0.05) is 17.3 Å². The molecule has 0 aliphatic heterocycles. The van der Waals surface area contributed by atoms with Crippen molar-refractivity contribution in [1.29, 1.82) is 0 Å². The summed E-state index contributed by atoms with van der Waals surface area (Å²) in [6.07, 6.45) is 2.96. The van der Waals surface area contributed by atoms with Crippen molar-refractivity contribution in [2.45, 2.75) is 13.3 Å². The molecule has 1 aromatic carbocycles. The molecule has 0 spiro atoms. The van der Waals surface area contributed by atoms with Crippen LogP contribution in [-0.4, -0.2) is 28.2 Å². The second-order valence-electron chi connectivity index (χ2n) is 3.76. The molecule has 90 valence electrons. The van der Waals surface area contributed by atoms with Crippen LogP contribution in [0.2, 0.25) is 0 Å². The first-order chi connectivity index (χ1) is 8.42. The topological polar surface area (TPSA) is 37.8 Å². The van der Waals surface area contributed by atoms with Crippen molar-refractivity contribution in [2.24, 2.45) is 0 Å². The molecule has 17 heavy (non-hydrogen) atoms. The summed E-state index contributed by atoms with van der Waals surface area (Å²) >= 11 is 1.97. The van der Waals surface area contributed by atoms with Crippen LogP contribution < -0.4 is 5.32 Å². The van der Waals surface area contributed by atoms with Gasteiger partial charge in [0.25, 0.3) is 0 Å². The maximum Gasteiger partial charge on any atom is 0.156 e. The molecule has 0 saturated heterocycles. The van der Waals surface area contributed by atoms with Gasteiger partial charge >= 0.3 is 0 Å². The van der Waals surface area contributed by atoms with Gasteiger partial charge in [0.05, 0.1) is 6.20 Å². The van der Waals surface area contributed by atoms with E-state index in [0.717, 1.165) is 29.6 Å². The maximum absolute atomic E-state index is 4.16. The molecule has 1 N–H and O–H groups in total. The van der Waals surface area contributed by atoms with Crippen LogP contribution in [0.3, 0.4) is 0 Å². The zero-order chi connectivity index (χ0) is 11.9. The lowest BCUT2D eigenvalue weighted by Gasteiger charge is -2.07. The number of benzene rings is 1. The van der Waals surface area contributed by atoms with Crippen molar-refractivity contribution in [1.82, 2.24) is 10.2 Å². The van der Waals surface area contributed by atoms with Gasteiger partial charge in [0.15, 0.2) is 5.82 Å². The number of nitrogens with zero attached hydrogens (tertiary/aromatic N) is 2. The van der Waals surface area contributed by atoms with E-state index in [1.54, 1.807) is 6.20 Å². The number of hydrogen-bond donors (Lipinski definition) is 1. The third-order valence-electron chi connectivity index (χ3n) is 2.53. The summed E-state index contributed by atoms with van der Waals surface area (Å²) in [7, 11) is 0. The molecule has 0 unspecified atom stereocenters. The molecule has 1 heterocycles. The molecule has 0 fully saturated rings. The van der Waals surface area contributed by atoms with Crippen LogP contribution in [-0.2, 0) is 0 Å². The highest BCUT2D eigenvalue weighted by atomic mass is 32.2. The third-order valence-corrected chi connectivity index (χ3v) is 3.52. The molecule has 0 atom stereocenters. The Hall–Kier alpha value is -1.29. The largest absolute Gasteiger partial charge is 0.368 e. The van der Waals surface area contributed by atoms with E-state index >= 15 is 0 Å². The van der Waals surface area contributed by atoms with Gasteiger partial charge in [-0.2, -0.15) is 16.9 Å². The van der Waals surface area contributed by atoms with Crippen LogP contribution in [0.1, 0.15) is 13.3 Å². The average molecular weight is 247 g/mol. The van der Waals surface area contributed by atoms with Crippen molar-refractivity contribution in [3.8, 4) is 0 Å². The van der Waals surface area contributed by atoms with Crippen LogP contribution in [0, 0.1) is 0 Å². The number of rotatable bonds is 6. The molecule has 0 aliphatic carbocycles. The molecule has 0 radical (unpaired) electrons. The lowest BCUT2D eigenvalue weighted by molar-refractivity contribution is 0.959. The highest BCUT2D eigenvalue weighted by Gasteiger charge is 2.01. The summed E-state index contributed by atoms with van der Waals surface area (Å²) in [5.74, 6) is 3.28. The Kier molecular flexibility index (Phi) is 4.62. The van der Waals surface area contributed by atoms with E-state index in [1.165, 1.54) is 11.5 Å². The van der Waals surface area contributed by atoms with E-state index in [4.69, 9.17) is 0 Å². The van der Waals surface area contributed by atoms with E-state index in [2.05, 4.69) is 34.6 Å². The lowest BCUT2D eigenvalue weighted by Crippen LogP contribution is -2.05. The molecule has 3 nitrogen and oxygen atoms in total. The van der Waals surface area contributed by atoms with Gasteiger partial charge in [-0.25, -0.2) is 0 Å². The van der Waals surface area contributed by atoms with Crippen LogP contribution >= 0.6 is 11.8 Å². The highest BCUT2D eigenvalue weighted by Crippen LogP contribution is 2.19. The Morgan fingerprint density at radius 1 is 1.29 bits per heavy atom. The first-order valence-electron chi connectivity index (χ1n) is 5.94. The molecular formula is C13H17N3S. The third kappa shape index (κ3) is 3.33. The quantitative estimate of drug-likeness (QED) is 0.796. The van der Waals surface area contributed by atoms with Crippen molar-refractivity contribution in [3.63, 3.8) is 0 Å². The minimum Gasteiger partial charge on any atom is -0.368 e. The van der Waals surface area contributed by atoms with E-state index in [-0.39, 0.29) is 0 Å². The van der Waals surface area contributed by atoms with E-state index in [1.807, 2.05) is 23.9 Å². The van der Waals surface area contributed by atoms with Gasteiger partial charge in [-0.3, -0.25) is 0 Å². The molecule has 2 aromatic rings. The summed E-state index contributed by atoms with van der Waals surface area (Å²) in [6, 6.07) is 8.18. The van der Waals surface area contributed by atoms with Gasteiger partial charge in [-0.1, -0.05) is 31.2 Å². The van der Waals surface area contributed by atoms with Crippen molar-refractivity contribution in [3.05, 3.63) is 30.5 Å². The summed E-state index contributed by atoms with van der Waals surface area (Å²) < 4.78 is 0. The van der Waals surface area contributed by atoms with Gasteiger partial charge < -0.3 is 5.32 Å². The van der Waals surface area contributed by atoms with Gasteiger partial charge in [0.2, 0.25) is 0 Å². The van der Waals surface area contributed by atoms with Crippen LogP contribution in [0.25, 0.3) is 10.8 Å². The molecule has 0 bridgehead atoms. The van der Waals surface area contributed by atoms with Gasteiger partial charge in [-0.15, -0.1) is 5.10 Å². The van der Waals surface area contributed by atoms with Crippen molar-refractivity contribution >= 4 is 28.4 Å². The van der Waals surface area contributed by atoms with E-state index < -0.39 is 0 Å². The number of nitrogens with one attached hydrogen (secondary N) is 1. The summed E-state index contributed by atoms with van der Waals surface area (Å²) in [5.41, 5.74) is 0. The molecule has 0 amide bonds. The first-order valence-corrected chi connectivity index (χ1v) is 7.09. The Morgan fingerprint density at radius 3 is 3.06 bits per heavy atom. The Morgan fingerprint density at radius 2 is 2.18 bits per heavy atom.